The minimum Gasteiger partial charge on any atom is -0.319 e. The molecular weight excluding hydrogens is 1470 g/mol. The summed E-state index contributed by atoms with van der Waals surface area (Å²) >= 11 is 0. The largest absolute Gasteiger partial charge is 0.417 e. The van der Waals surface area contributed by atoms with Crippen molar-refractivity contribution in [1.82, 2.24) is 68.9 Å². The van der Waals surface area contributed by atoms with Gasteiger partial charge in [0.15, 0.2) is 69.9 Å². The van der Waals surface area contributed by atoms with Gasteiger partial charge < -0.3 is 9.13 Å². The van der Waals surface area contributed by atoms with Gasteiger partial charge in [-0.05, 0) is 54.1 Å². The number of hydrogen-bond donors (Lipinski definition) is 0. The number of rotatable bonds is 15. The number of hydrogen-bond acceptors (Lipinski definition) is 13. The standard InChI is InChI=1S/C99H57F3N16/c1-104-80-58-85(117-81-53-69(95-109-87(61-26-10-2-11-27-61)105-88(110-95)62-28-12-3-13-29-62)43-48-74(81)75-49-44-70(54-82(75)117)96-111-89(63-30-14-4-15-31-63)106-90(112-96)64-32-16-5-17-33-64)78(73-47-42-60(59-103)52-79(73)99(100,101)102)57-86(80)118-83-55-71(97-113-91(65-34-18-6-19-35-65)107-92(114-97)66-36-20-7-21-37-66)45-50-76(83)77-51-46-72(56-84(77)118)98-115-93(67-38-22-8-23-39-67)108-94(116-98)68-40-24-9-25-41-68/h2-58H. The van der Waals surface area contributed by atoms with E-state index in [1.807, 2.05) is 331 Å². The highest BCUT2D eigenvalue weighted by atomic mass is 19.4. The van der Waals surface area contributed by atoms with E-state index in [9.17, 15) is 11.8 Å². The molecule has 6 aromatic heterocycles. The number of benzene rings is 14. The Morgan fingerprint density at radius 1 is 0.254 bits per heavy atom. The van der Waals surface area contributed by atoms with Crippen LogP contribution < -0.4 is 0 Å². The molecule has 6 heterocycles. The lowest BCUT2D eigenvalue weighted by Gasteiger charge is -2.22. The van der Waals surface area contributed by atoms with E-state index in [4.69, 9.17) is 59.8 Å². The highest BCUT2D eigenvalue weighted by Crippen LogP contribution is 2.49. The number of halogens is 3. The van der Waals surface area contributed by atoms with Gasteiger partial charge in [0.25, 0.3) is 0 Å². The summed E-state index contributed by atoms with van der Waals surface area (Å²) in [5.74, 6) is 4.58. The highest BCUT2D eigenvalue weighted by Gasteiger charge is 2.36. The van der Waals surface area contributed by atoms with Gasteiger partial charge in [0, 0.05) is 99.6 Å². The van der Waals surface area contributed by atoms with Crippen LogP contribution in [0, 0.1) is 17.9 Å². The summed E-state index contributed by atoms with van der Waals surface area (Å²) in [7, 11) is 0. The number of fused-ring (bicyclic) bond motifs is 6. The molecule has 0 aliphatic heterocycles. The van der Waals surface area contributed by atoms with E-state index < -0.39 is 11.7 Å². The summed E-state index contributed by atoms with van der Waals surface area (Å²) in [5.41, 5.74) is 9.04. The van der Waals surface area contributed by atoms with Crippen molar-refractivity contribution < 1.29 is 13.2 Å². The highest BCUT2D eigenvalue weighted by molar-refractivity contribution is 6.14. The van der Waals surface area contributed by atoms with Gasteiger partial charge in [-0.3, -0.25) is 0 Å². The SMILES string of the molecule is [C-]#[N+]c1cc(-n2c3cc(-c4nc(-c5ccccc5)nc(-c5ccccc5)n4)ccc3c3ccc(-c4nc(-c5ccccc5)nc(-c5ccccc5)n4)cc32)c(-c2ccc(C#N)cc2C(F)(F)F)cc1-n1c2cc(-c3nc(-c4ccccc4)nc(-c4ccccc4)n3)ccc2c2ccc(-c3nc(-c4ccccc4)nc(-c4ccccc4)n3)cc21. The molecule has 0 aliphatic carbocycles. The summed E-state index contributed by atoms with van der Waals surface area (Å²) < 4.78 is 54.2. The Hall–Kier alpha value is -16.5. The first-order valence-electron chi connectivity index (χ1n) is 37.8. The second kappa shape index (κ2) is 29.5. The summed E-state index contributed by atoms with van der Waals surface area (Å²) in [6.07, 6.45) is -5.06. The Morgan fingerprint density at radius 3 is 0.720 bits per heavy atom. The molecule has 20 aromatic rings. The van der Waals surface area contributed by atoms with Crippen LogP contribution in [0.2, 0.25) is 0 Å². The van der Waals surface area contributed by atoms with Gasteiger partial charge in [-0.1, -0.05) is 297 Å². The quantitative estimate of drug-likeness (QED) is 0.0881. The number of alkyl halides is 3. The van der Waals surface area contributed by atoms with E-state index >= 15 is 13.2 Å². The Balaban J connectivity index is 0.895. The first kappa shape index (κ1) is 70.6. The van der Waals surface area contributed by atoms with Crippen LogP contribution in [0.4, 0.5) is 18.9 Å². The Bertz CT molecular complexity index is 6810. The van der Waals surface area contributed by atoms with E-state index in [1.165, 1.54) is 12.1 Å². The molecule has 118 heavy (non-hydrogen) atoms. The summed E-state index contributed by atoms with van der Waals surface area (Å²) in [6, 6.07) is 109. The van der Waals surface area contributed by atoms with Gasteiger partial charge in [0.2, 0.25) is 5.69 Å². The first-order chi connectivity index (χ1) is 58.0. The maximum absolute atomic E-state index is 16.8. The molecule has 0 saturated carbocycles. The average Bonchev–Trinajstić information content (AvgIpc) is 1.56. The summed E-state index contributed by atoms with van der Waals surface area (Å²) in [5, 5.41) is 13.3. The molecule has 0 atom stereocenters. The monoisotopic (exact) mass is 1530 g/mol. The summed E-state index contributed by atoms with van der Waals surface area (Å²) in [6.45, 7) is 9.64. The van der Waals surface area contributed by atoms with Gasteiger partial charge in [-0.2, -0.15) is 18.4 Å². The third-order valence-corrected chi connectivity index (χ3v) is 20.8. The Labute approximate surface area is 672 Å². The molecule has 16 nitrogen and oxygen atoms in total. The number of nitriles is 1. The summed E-state index contributed by atoms with van der Waals surface area (Å²) in [4.78, 5) is 65.9. The predicted octanol–water partition coefficient (Wildman–Crippen LogP) is 23.7. The molecule has 0 fully saturated rings. The van der Waals surface area contributed by atoms with Crippen molar-refractivity contribution in [3.63, 3.8) is 0 Å². The van der Waals surface area contributed by atoms with Crippen molar-refractivity contribution in [1.29, 1.82) is 5.26 Å². The molecule has 0 saturated heterocycles. The van der Waals surface area contributed by atoms with Gasteiger partial charge in [-0.25, -0.2) is 64.7 Å². The van der Waals surface area contributed by atoms with Crippen LogP contribution >= 0.6 is 0 Å². The van der Waals surface area contributed by atoms with Crippen LogP contribution in [0.1, 0.15) is 11.1 Å². The van der Waals surface area contributed by atoms with Crippen molar-refractivity contribution in [2.45, 2.75) is 6.18 Å². The van der Waals surface area contributed by atoms with E-state index in [2.05, 4.69) is 4.85 Å². The molecule has 20 rings (SSSR count). The third-order valence-electron chi connectivity index (χ3n) is 20.8. The molecule has 0 aliphatic rings. The normalized spacial score (nSPS) is 11.5. The smallest absolute Gasteiger partial charge is 0.319 e. The van der Waals surface area contributed by atoms with Crippen LogP contribution in [-0.4, -0.2) is 68.9 Å². The van der Waals surface area contributed by atoms with Crippen molar-refractivity contribution in [3.05, 3.63) is 368 Å². The van der Waals surface area contributed by atoms with Gasteiger partial charge in [-0.15, -0.1) is 0 Å². The third kappa shape index (κ3) is 13.2. The van der Waals surface area contributed by atoms with Crippen molar-refractivity contribution in [2.75, 3.05) is 0 Å². The Morgan fingerprint density at radius 2 is 0.492 bits per heavy atom. The van der Waals surface area contributed by atoms with Crippen molar-refractivity contribution in [2.24, 2.45) is 0 Å². The van der Waals surface area contributed by atoms with E-state index in [0.29, 0.717) is 136 Å². The molecule has 0 N–H and O–H groups in total. The number of aromatic nitrogens is 14. The van der Waals surface area contributed by atoms with Gasteiger partial charge in [0.1, 0.15) is 0 Å². The molecule has 0 amide bonds. The maximum atomic E-state index is 16.8. The Kier molecular flexibility index (Phi) is 17.7. The number of nitrogens with zero attached hydrogens (tertiary/aromatic N) is 16. The van der Waals surface area contributed by atoms with Gasteiger partial charge in [0.05, 0.1) is 51.5 Å². The zero-order chi connectivity index (χ0) is 79.4. The van der Waals surface area contributed by atoms with Gasteiger partial charge >= 0.3 is 6.18 Å². The van der Waals surface area contributed by atoms with Crippen LogP contribution in [0.25, 0.3) is 208 Å². The van der Waals surface area contributed by atoms with Crippen LogP contribution in [0.5, 0.6) is 0 Å². The molecule has 0 unspecified atom stereocenters. The first-order valence-corrected chi connectivity index (χ1v) is 37.8. The predicted molar refractivity (Wildman–Crippen MR) is 455 cm³/mol. The molecule has 14 aromatic carbocycles. The van der Waals surface area contributed by atoms with E-state index in [0.717, 1.165) is 50.6 Å². The minimum absolute atomic E-state index is 0.0295. The molecule has 19 heteroatoms. The molecule has 554 valence electrons. The fraction of sp³-hybridized carbons (Fsp3) is 0.0101. The van der Waals surface area contributed by atoms with E-state index in [-0.39, 0.29) is 33.8 Å². The van der Waals surface area contributed by atoms with Crippen LogP contribution in [-0.2, 0) is 6.18 Å². The lowest BCUT2D eigenvalue weighted by molar-refractivity contribution is -0.137. The fourth-order valence-corrected chi connectivity index (χ4v) is 15.2. The zero-order valence-electron chi connectivity index (χ0n) is 62.2. The van der Waals surface area contributed by atoms with Crippen LogP contribution in [0.3, 0.4) is 0 Å². The average molecular weight is 1530 g/mol. The maximum Gasteiger partial charge on any atom is 0.417 e. The topological polar surface area (TPSA) is 193 Å². The lowest BCUT2D eigenvalue weighted by Crippen LogP contribution is -2.09. The van der Waals surface area contributed by atoms with Crippen LogP contribution in [0.15, 0.2) is 346 Å². The lowest BCUT2D eigenvalue weighted by atomic mass is 9.94. The molecule has 0 spiro atoms. The molecular formula is C99H57F3N16. The second-order valence-corrected chi connectivity index (χ2v) is 28.1. The zero-order valence-corrected chi connectivity index (χ0v) is 62.2. The molecule has 0 bridgehead atoms. The molecule has 0 radical (unpaired) electrons. The van der Waals surface area contributed by atoms with Crippen molar-refractivity contribution in [3.8, 4) is 165 Å². The minimum atomic E-state index is -5.06. The fourth-order valence-electron chi connectivity index (χ4n) is 15.2. The van der Waals surface area contributed by atoms with Crippen molar-refractivity contribution >= 4 is 49.3 Å². The second-order valence-electron chi connectivity index (χ2n) is 28.1. The van der Waals surface area contributed by atoms with E-state index in [1.54, 1.807) is 12.1 Å².